The largest absolute Gasteiger partial charge is 0.480 e. The average molecular weight is 227 g/mol. The van der Waals surface area contributed by atoms with Gasteiger partial charge in [-0.05, 0) is 18.3 Å². The second-order valence-electron chi connectivity index (χ2n) is 5.19. The number of hydrogen-bond donors (Lipinski definition) is 1. The molecule has 16 heavy (non-hydrogen) atoms. The summed E-state index contributed by atoms with van der Waals surface area (Å²) in [6.45, 7) is 1.94. The summed E-state index contributed by atoms with van der Waals surface area (Å²) in [6, 6.07) is 0. The van der Waals surface area contributed by atoms with Gasteiger partial charge < -0.3 is 10.0 Å². The molecule has 1 rings (SSSR count). The Morgan fingerprint density at radius 1 is 1.25 bits per heavy atom. The van der Waals surface area contributed by atoms with Crippen LogP contribution in [0, 0.1) is 5.41 Å². The Bertz CT molecular complexity index is 269. The average Bonchev–Trinajstić information content (AvgIpc) is 2.16. The molecule has 1 aliphatic carbocycles. The van der Waals surface area contributed by atoms with Crippen LogP contribution < -0.4 is 0 Å². The van der Waals surface area contributed by atoms with Gasteiger partial charge in [-0.2, -0.15) is 0 Å². The van der Waals surface area contributed by atoms with Crippen LogP contribution in [0.3, 0.4) is 0 Å². The van der Waals surface area contributed by atoms with Gasteiger partial charge in [-0.15, -0.1) is 0 Å². The monoisotopic (exact) mass is 227 g/mol. The van der Waals surface area contributed by atoms with Gasteiger partial charge in [-0.1, -0.05) is 26.2 Å². The van der Waals surface area contributed by atoms with E-state index in [1.807, 2.05) is 0 Å². The van der Waals surface area contributed by atoms with E-state index in [9.17, 15) is 9.59 Å². The molecule has 4 nitrogen and oxygen atoms in total. The smallest absolute Gasteiger partial charge is 0.323 e. The first-order valence-electron chi connectivity index (χ1n) is 5.89. The maximum atomic E-state index is 11.8. The summed E-state index contributed by atoms with van der Waals surface area (Å²) in [5.41, 5.74) is 0.0854. The van der Waals surface area contributed by atoms with Gasteiger partial charge in [0.05, 0.1) is 0 Å². The third-order valence-corrected chi connectivity index (χ3v) is 3.44. The quantitative estimate of drug-likeness (QED) is 0.798. The van der Waals surface area contributed by atoms with Crippen molar-refractivity contribution in [1.29, 1.82) is 0 Å². The number of carboxylic acid groups (broad SMARTS) is 1. The summed E-state index contributed by atoms with van der Waals surface area (Å²) in [5.74, 6) is -1.00. The molecular formula is C12H21NO3. The first-order valence-corrected chi connectivity index (χ1v) is 5.89. The summed E-state index contributed by atoms with van der Waals surface area (Å²) in [6.07, 6.45) is 6.28. The lowest BCUT2D eigenvalue weighted by molar-refractivity contribution is -0.144. The van der Waals surface area contributed by atoms with E-state index in [-0.39, 0.29) is 17.9 Å². The van der Waals surface area contributed by atoms with E-state index in [1.54, 1.807) is 7.05 Å². The number of likely N-dealkylation sites (N-methyl/N-ethyl adjacent to an activating group) is 1. The zero-order chi connectivity index (χ0) is 12.2. The van der Waals surface area contributed by atoms with Crippen molar-refractivity contribution < 1.29 is 14.7 Å². The molecule has 0 aliphatic heterocycles. The van der Waals surface area contributed by atoms with Crippen molar-refractivity contribution in [3.05, 3.63) is 0 Å². The van der Waals surface area contributed by atoms with Crippen LogP contribution in [0.25, 0.3) is 0 Å². The lowest BCUT2D eigenvalue weighted by atomic mass is 9.73. The number of carboxylic acids is 1. The van der Waals surface area contributed by atoms with Crippen molar-refractivity contribution in [2.45, 2.75) is 45.4 Å². The molecule has 1 amide bonds. The van der Waals surface area contributed by atoms with Gasteiger partial charge in [0, 0.05) is 13.5 Å². The van der Waals surface area contributed by atoms with Crippen molar-refractivity contribution in [3.8, 4) is 0 Å². The molecule has 1 aliphatic rings. The van der Waals surface area contributed by atoms with Crippen LogP contribution in [-0.2, 0) is 9.59 Å². The summed E-state index contributed by atoms with van der Waals surface area (Å²) in [7, 11) is 1.56. The lowest BCUT2D eigenvalue weighted by Crippen LogP contribution is -2.36. The Kier molecular flexibility index (Phi) is 4.33. The summed E-state index contributed by atoms with van der Waals surface area (Å²) in [4.78, 5) is 23.6. The zero-order valence-electron chi connectivity index (χ0n) is 10.2. The molecule has 0 spiro atoms. The minimum atomic E-state index is -0.954. The molecule has 1 N–H and O–H groups in total. The molecule has 1 saturated carbocycles. The Morgan fingerprint density at radius 3 is 2.31 bits per heavy atom. The van der Waals surface area contributed by atoms with E-state index >= 15 is 0 Å². The molecule has 0 saturated heterocycles. The molecule has 0 aromatic heterocycles. The minimum absolute atomic E-state index is 0.0493. The van der Waals surface area contributed by atoms with Crippen LogP contribution in [-0.4, -0.2) is 35.5 Å². The summed E-state index contributed by atoms with van der Waals surface area (Å²) in [5, 5.41) is 8.61. The van der Waals surface area contributed by atoms with Gasteiger partial charge in [0.2, 0.25) is 5.91 Å². The first kappa shape index (κ1) is 13.0. The number of carbonyl (C=O) groups excluding carboxylic acids is 1. The molecule has 0 atom stereocenters. The molecular weight excluding hydrogens is 206 g/mol. The SMILES string of the molecule is CN(CC(=O)O)C(=O)CC1(C)CCCCC1. The standard InChI is InChI=1S/C12H21NO3/c1-12(6-4-3-5-7-12)8-10(14)13(2)9-11(15)16/h3-9H2,1-2H3,(H,15,16). The Hall–Kier alpha value is -1.06. The third-order valence-electron chi connectivity index (χ3n) is 3.44. The fourth-order valence-corrected chi connectivity index (χ4v) is 2.37. The fourth-order valence-electron chi connectivity index (χ4n) is 2.37. The molecule has 0 bridgehead atoms. The summed E-state index contributed by atoms with van der Waals surface area (Å²) >= 11 is 0. The van der Waals surface area contributed by atoms with Crippen molar-refractivity contribution in [1.82, 2.24) is 4.90 Å². The maximum absolute atomic E-state index is 11.8. The second-order valence-corrected chi connectivity index (χ2v) is 5.19. The van der Waals surface area contributed by atoms with Crippen molar-refractivity contribution in [2.75, 3.05) is 13.6 Å². The Morgan fingerprint density at radius 2 is 1.81 bits per heavy atom. The van der Waals surface area contributed by atoms with Crippen LogP contribution in [0.5, 0.6) is 0 Å². The van der Waals surface area contributed by atoms with Crippen LogP contribution in [0.4, 0.5) is 0 Å². The number of aliphatic carboxylic acids is 1. The number of carbonyl (C=O) groups is 2. The van der Waals surface area contributed by atoms with Gasteiger partial charge in [0.15, 0.2) is 0 Å². The van der Waals surface area contributed by atoms with Crippen LogP contribution in [0.1, 0.15) is 45.4 Å². The third kappa shape index (κ3) is 3.83. The molecule has 0 radical (unpaired) electrons. The fraction of sp³-hybridized carbons (Fsp3) is 0.833. The van der Waals surface area contributed by atoms with Crippen LogP contribution in [0.2, 0.25) is 0 Å². The van der Waals surface area contributed by atoms with Gasteiger partial charge in [-0.3, -0.25) is 9.59 Å². The van der Waals surface area contributed by atoms with Crippen molar-refractivity contribution in [2.24, 2.45) is 5.41 Å². The van der Waals surface area contributed by atoms with E-state index in [2.05, 4.69) is 6.92 Å². The highest BCUT2D eigenvalue weighted by Gasteiger charge is 2.30. The van der Waals surface area contributed by atoms with E-state index in [1.165, 1.54) is 24.2 Å². The Labute approximate surface area is 96.6 Å². The first-order chi connectivity index (χ1) is 7.43. The predicted molar refractivity (Wildman–Crippen MR) is 61.1 cm³/mol. The van der Waals surface area contributed by atoms with E-state index < -0.39 is 5.97 Å². The molecule has 4 heteroatoms. The predicted octanol–water partition coefficient (Wildman–Crippen LogP) is 1.89. The molecule has 1 fully saturated rings. The summed E-state index contributed by atoms with van der Waals surface area (Å²) < 4.78 is 0. The van der Waals surface area contributed by atoms with Gasteiger partial charge in [0.1, 0.15) is 6.54 Å². The molecule has 92 valence electrons. The topological polar surface area (TPSA) is 57.6 Å². The normalized spacial score (nSPS) is 19.1. The number of amides is 1. The molecule has 0 unspecified atom stereocenters. The highest BCUT2D eigenvalue weighted by molar-refractivity contribution is 5.81. The van der Waals surface area contributed by atoms with Crippen LogP contribution in [0.15, 0.2) is 0 Å². The van der Waals surface area contributed by atoms with Crippen LogP contribution >= 0.6 is 0 Å². The zero-order valence-corrected chi connectivity index (χ0v) is 10.2. The maximum Gasteiger partial charge on any atom is 0.323 e. The lowest BCUT2D eigenvalue weighted by Gasteiger charge is -2.34. The van der Waals surface area contributed by atoms with Gasteiger partial charge >= 0.3 is 5.97 Å². The number of hydrogen-bond acceptors (Lipinski definition) is 2. The number of rotatable bonds is 4. The second kappa shape index (κ2) is 5.32. The van der Waals surface area contributed by atoms with Gasteiger partial charge in [-0.25, -0.2) is 0 Å². The molecule has 0 aromatic rings. The van der Waals surface area contributed by atoms with E-state index in [4.69, 9.17) is 5.11 Å². The molecule has 0 heterocycles. The highest BCUT2D eigenvalue weighted by atomic mass is 16.4. The van der Waals surface area contributed by atoms with Crippen molar-refractivity contribution >= 4 is 11.9 Å². The number of nitrogens with zero attached hydrogens (tertiary/aromatic N) is 1. The van der Waals surface area contributed by atoms with Crippen molar-refractivity contribution in [3.63, 3.8) is 0 Å². The Balaban J connectivity index is 2.45. The van der Waals surface area contributed by atoms with Gasteiger partial charge in [0.25, 0.3) is 0 Å². The van der Waals surface area contributed by atoms with E-state index in [0.717, 1.165) is 12.8 Å². The highest BCUT2D eigenvalue weighted by Crippen LogP contribution is 2.38. The molecule has 0 aromatic carbocycles. The van der Waals surface area contributed by atoms with E-state index in [0.29, 0.717) is 6.42 Å². The minimum Gasteiger partial charge on any atom is -0.480 e.